The molecule has 108 valence electrons. The monoisotopic (exact) mass is 270 g/mol. The quantitative estimate of drug-likeness (QED) is 0.747. The maximum Gasteiger partial charge on any atom is 0.319 e. The molecule has 0 radical (unpaired) electrons. The number of hydrogen-bond acceptors (Lipinski definition) is 2. The zero-order chi connectivity index (χ0) is 13.8. The molecule has 0 saturated carbocycles. The second kappa shape index (κ2) is 6.70. The lowest BCUT2D eigenvalue weighted by Crippen LogP contribution is -2.59. The topological polar surface area (TPSA) is 15.3 Å². The van der Waals surface area contributed by atoms with Gasteiger partial charge in [0.1, 0.15) is 0 Å². The first kappa shape index (κ1) is 15.7. The van der Waals surface area contributed by atoms with E-state index >= 15 is 0 Å². The molecule has 1 rings (SSSR count). The minimum Gasteiger partial charge on any atom is -0.311 e. The molecule has 0 amide bonds. The molecule has 0 bridgehead atoms. The molecule has 0 aromatic carbocycles. The van der Waals surface area contributed by atoms with Crippen molar-refractivity contribution >= 4 is 0 Å². The number of halogens is 4. The Hall–Kier alpha value is -0.360. The molecule has 1 heterocycles. The van der Waals surface area contributed by atoms with Crippen molar-refractivity contribution in [2.24, 2.45) is 0 Å². The van der Waals surface area contributed by atoms with Crippen LogP contribution >= 0.6 is 0 Å². The standard InChI is InChI=1S/C12H22F4N2/c1-3-5-9-7-18(10(4-2)6-17-9)8-12(15,16)11(13)14/h9-11,17H,3-8H2,1-2H3. The summed E-state index contributed by atoms with van der Waals surface area (Å²) in [6.45, 7) is 4.09. The van der Waals surface area contributed by atoms with Crippen LogP contribution in [0, 0.1) is 0 Å². The second-order valence-electron chi connectivity index (χ2n) is 4.95. The van der Waals surface area contributed by atoms with E-state index in [2.05, 4.69) is 5.32 Å². The van der Waals surface area contributed by atoms with E-state index in [0.29, 0.717) is 19.5 Å². The van der Waals surface area contributed by atoms with Crippen LogP contribution in [0.25, 0.3) is 0 Å². The number of nitrogens with one attached hydrogen (secondary N) is 1. The van der Waals surface area contributed by atoms with Crippen molar-refractivity contribution in [3.05, 3.63) is 0 Å². The Labute approximate surface area is 106 Å². The highest BCUT2D eigenvalue weighted by atomic mass is 19.3. The van der Waals surface area contributed by atoms with Crippen LogP contribution in [0.2, 0.25) is 0 Å². The Morgan fingerprint density at radius 2 is 2.00 bits per heavy atom. The van der Waals surface area contributed by atoms with Crippen LogP contribution in [0.5, 0.6) is 0 Å². The Kier molecular flexibility index (Phi) is 5.85. The minimum atomic E-state index is -3.92. The predicted octanol–water partition coefficient (Wildman–Crippen LogP) is 2.74. The maximum absolute atomic E-state index is 13.1. The van der Waals surface area contributed by atoms with Gasteiger partial charge in [-0.1, -0.05) is 20.3 Å². The van der Waals surface area contributed by atoms with E-state index in [4.69, 9.17) is 0 Å². The predicted molar refractivity (Wildman–Crippen MR) is 63.3 cm³/mol. The highest BCUT2D eigenvalue weighted by molar-refractivity contribution is 4.88. The Morgan fingerprint density at radius 1 is 1.33 bits per heavy atom. The van der Waals surface area contributed by atoms with Gasteiger partial charge >= 0.3 is 12.3 Å². The largest absolute Gasteiger partial charge is 0.319 e. The lowest BCUT2D eigenvalue weighted by Gasteiger charge is -2.41. The molecule has 1 fully saturated rings. The van der Waals surface area contributed by atoms with Gasteiger partial charge in [-0.15, -0.1) is 0 Å². The van der Waals surface area contributed by atoms with E-state index in [-0.39, 0.29) is 12.1 Å². The number of hydrogen-bond donors (Lipinski definition) is 1. The molecule has 1 N–H and O–H groups in total. The molecule has 1 aliphatic rings. The molecule has 1 saturated heterocycles. The van der Waals surface area contributed by atoms with Crippen LogP contribution in [-0.4, -0.2) is 49.0 Å². The van der Waals surface area contributed by atoms with Gasteiger partial charge in [-0.3, -0.25) is 4.90 Å². The normalized spacial score (nSPS) is 26.8. The van der Waals surface area contributed by atoms with E-state index < -0.39 is 18.9 Å². The van der Waals surface area contributed by atoms with Crippen LogP contribution in [0.15, 0.2) is 0 Å². The average molecular weight is 270 g/mol. The summed E-state index contributed by atoms with van der Waals surface area (Å²) in [5.41, 5.74) is 0. The molecule has 18 heavy (non-hydrogen) atoms. The van der Waals surface area contributed by atoms with Gasteiger partial charge < -0.3 is 5.32 Å². The fraction of sp³-hybridized carbons (Fsp3) is 1.00. The van der Waals surface area contributed by atoms with E-state index in [1.165, 1.54) is 4.90 Å². The smallest absolute Gasteiger partial charge is 0.311 e. The van der Waals surface area contributed by atoms with Crippen LogP contribution in [0.4, 0.5) is 17.6 Å². The highest BCUT2D eigenvalue weighted by Crippen LogP contribution is 2.26. The molecule has 0 aromatic heterocycles. The maximum atomic E-state index is 13.1. The van der Waals surface area contributed by atoms with Gasteiger partial charge in [0.05, 0.1) is 6.54 Å². The molecule has 2 nitrogen and oxygen atoms in total. The Balaban J connectivity index is 2.62. The summed E-state index contributed by atoms with van der Waals surface area (Å²) in [4.78, 5) is 1.52. The second-order valence-corrected chi connectivity index (χ2v) is 4.95. The highest BCUT2D eigenvalue weighted by Gasteiger charge is 2.44. The van der Waals surface area contributed by atoms with Crippen LogP contribution in [0.1, 0.15) is 33.1 Å². The number of nitrogens with zero attached hydrogens (tertiary/aromatic N) is 1. The Morgan fingerprint density at radius 3 is 2.50 bits per heavy atom. The summed E-state index contributed by atoms with van der Waals surface area (Å²) in [6, 6.07) is 0.0500. The minimum absolute atomic E-state index is 0.0808. The van der Waals surface area contributed by atoms with Crippen molar-refractivity contribution in [3.63, 3.8) is 0 Å². The lowest BCUT2D eigenvalue weighted by molar-refractivity contribution is -0.149. The molecule has 2 atom stereocenters. The third kappa shape index (κ3) is 4.09. The van der Waals surface area contributed by atoms with E-state index in [1.54, 1.807) is 0 Å². The SMILES string of the molecule is CCCC1CN(CC(F)(F)C(F)F)C(CC)CN1. The summed E-state index contributed by atoms with van der Waals surface area (Å²) in [5.74, 6) is -3.92. The first-order valence-corrected chi connectivity index (χ1v) is 6.54. The van der Waals surface area contributed by atoms with E-state index in [9.17, 15) is 17.6 Å². The summed E-state index contributed by atoms with van der Waals surface area (Å²) in [7, 11) is 0. The van der Waals surface area contributed by atoms with Gasteiger partial charge in [0.25, 0.3) is 0 Å². The number of rotatable bonds is 6. The number of alkyl halides is 4. The zero-order valence-corrected chi connectivity index (χ0v) is 10.9. The molecule has 0 spiro atoms. The van der Waals surface area contributed by atoms with Gasteiger partial charge in [0.2, 0.25) is 0 Å². The van der Waals surface area contributed by atoms with Crippen LogP contribution in [0.3, 0.4) is 0 Å². The van der Waals surface area contributed by atoms with Gasteiger partial charge in [-0.2, -0.15) is 8.78 Å². The fourth-order valence-electron chi connectivity index (χ4n) is 2.41. The van der Waals surface area contributed by atoms with E-state index in [0.717, 1.165) is 12.8 Å². The third-order valence-corrected chi connectivity index (χ3v) is 3.45. The molecule has 2 unspecified atom stereocenters. The van der Waals surface area contributed by atoms with Crippen molar-refractivity contribution < 1.29 is 17.6 Å². The fourth-order valence-corrected chi connectivity index (χ4v) is 2.41. The number of piperazine rings is 1. The summed E-state index contributed by atoms with van der Waals surface area (Å²) in [5, 5.41) is 3.29. The van der Waals surface area contributed by atoms with Gasteiger partial charge in [0, 0.05) is 25.2 Å². The molecular weight excluding hydrogens is 248 g/mol. The van der Waals surface area contributed by atoms with E-state index in [1.807, 2.05) is 13.8 Å². The zero-order valence-electron chi connectivity index (χ0n) is 10.9. The summed E-state index contributed by atoms with van der Waals surface area (Å²) in [6.07, 6.45) is -1.07. The van der Waals surface area contributed by atoms with Gasteiger partial charge in [-0.25, -0.2) is 8.78 Å². The molecule has 6 heteroatoms. The van der Waals surface area contributed by atoms with Crippen molar-refractivity contribution in [1.82, 2.24) is 10.2 Å². The van der Waals surface area contributed by atoms with Crippen LogP contribution in [-0.2, 0) is 0 Å². The Bertz CT molecular complexity index is 248. The molecule has 1 aliphatic heterocycles. The molecule has 0 aliphatic carbocycles. The van der Waals surface area contributed by atoms with Crippen LogP contribution < -0.4 is 5.32 Å². The average Bonchev–Trinajstić information content (AvgIpc) is 2.29. The lowest BCUT2D eigenvalue weighted by atomic mass is 10.0. The first-order valence-electron chi connectivity index (χ1n) is 6.54. The van der Waals surface area contributed by atoms with Gasteiger partial charge in [0.15, 0.2) is 0 Å². The summed E-state index contributed by atoms with van der Waals surface area (Å²) < 4.78 is 50.8. The van der Waals surface area contributed by atoms with Crippen molar-refractivity contribution in [2.75, 3.05) is 19.6 Å². The third-order valence-electron chi connectivity index (χ3n) is 3.45. The van der Waals surface area contributed by atoms with Crippen molar-refractivity contribution in [2.45, 2.75) is 57.5 Å². The van der Waals surface area contributed by atoms with Crippen molar-refractivity contribution in [1.29, 1.82) is 0 Å². The summed E-state index contributed by atoms with van der Waals surface area (Å²) >= 11 is 0. The first-order chi connectivity index (χ1) is 8.40. The van der Waals surface area contributed by atoms with Crippen molar-refractivity contribution in [3.8, 4) is 0 Å². The molecular formula is C12H22F4N2. The van der Waals surface area contributed by atoms with Gasteiger partial charge in [-0.05, 0) is 12.8 Å². The molecule has 0 aromatic rings.